The van der Waals surface area contributed by atoms with Crippen LogP contribution in [-0.2, 0) is 16.8 Å². The summed E-state index contributed by atoms with van der Waals surface area (Å²) < 4.78 is 11.6. The van der Waals surface area contributed by atoms with Crippen molar-refractivity contribution in [2.45, 2.75) is 39.7 Å². The maximum absolute atomic E-state index is 12.5. The van der Waals surface area contributed by atoms with Gasteiger partial charge in [-0.1, -0.05) is 13.8 Å². The molecule has 2 aromatic rings. The number of rotatable bonds is 12. The van der Waals surface area contributed by atoms with E-state index in [0.717, 1.165) is 12.0 Å². The van der Waals surface area contributed by atoms with Crippen LogP contribution in [0.2, 0.25) is 0 Å². The number of nitrogens with two attached hydrogens (primary N) is 1. The average Bonchev–Trinajstić information content (AvgIpc) is 2.73. The Bertz CT molecular complexity index is 950. The number of amidine groups is 1. The number of carbonyl (C=O) groups is 1. The first-order chi connectivity index (χ1) is 15.1. The van der Waals surface area contributed by atoms with Gasteiger partial charge in [0.05, 0.1) is 13.2 Å². The third kappa shape index (κ3) is 7.00. The lowest BCUT2D eigenvalue weighted by molar-refractivity contribution is -0.142. The van der Waals surface area contributed by atoms with Gasteiger partial charge in [-0.25, -0.2) is 4.79 Å². The quantitative estimate of drug-likeness (QED) is 0.230. The van der Waals surface area contributed by atoms with Crippen molar-refractivity contribution in [1.29, 1.82) is 5.41 Å². The lowest BCUT2D eigenvalue weighted by Crippen LogP contribution is -2.41. The van der Waals surface area contributed by atoms with E-state index in [1.807, 2.05) is 6.92 Å². The second-order valence-electron chi connectivity index (χ2n) is 8.11. The number of aliphatic hydroxyl groups is 1. The minimum absolute atomic E-state index is 0. The third-order valence-electron chi connectivity index (χ3n) is 5.00. The zero-order chi connectivity index (χ0) is 23.9. The molecule has 9 heteroatoms. The number of halogens is 1. The number of ether oxygens (including phenoxy) is 2. The normalized spacial score (nSPS) is 12.4. The molecule has 0 amide bonds. The summed E-state index contributed by atoms with van der Waals surface area (Å²) in [5, 5.41) is 30.1. The van der Waals surface area contributed by atoms with Gasteiger partial charge in [-0.05, 0) is 68.1 Å². The second-order valence-corrected chi connectivity index (χ2v) is 8.11. The number of nitrogens with one attached hydrogen (secondary N) is 2. The summed E-state index contributed by atoms with van der Waals surface area (Å²) >= 11 is 0. The van der Waals surface area contributed by atoms with Gasteiger partial charge in [-0.15, -0.1) is 12.4 Å². The summed E-state index contributed by atoms with van der Waals surface area (Å²) in [6, 6.07) is 10.1. The van der Waals surface area contributed by atoms with Crippen LogP contribution < -0.4 is 20.5 Å². The van der Waals surface area contributed by atoms with Crippen LogP contribution in [0.1, 0.15) is 44.4 Å². The maximum atomic E-state index is 12.5. The van der Waals surface area contributed by atoms with Gasteiger partial charge in [-0.3, -0.25) is 5.41 Å². The second kappa shape index (κ2) is 12.3. The van der Waals surface area contributed by atoms with Crippen LogP contribution in [0.4, 0.5) is 5.69 Å². The van der Waals surface area contributed by atoms with Crippen molar-refractivity contribution >= 4 is 29.9 Å². The average molecular weight is 480 g/mol. The highest BCUT2D eigenvalue weighted by Gasteiger charge is 2.39. The largest absolute Gasteiger partial charge is 0.494 e. The molecule has 0 fully saturated rings. The zero-order valence-electron chi connectivity index (χ0n) is 19.5. The van der Waals surface area contributed by atoms with Crippen molar-refractivity contribution in [2.75, 3.05) is 25.1 Å². The monoisotopic (exact) mass is 479 g/mol. The lowest BCUT2D eigenvalue weighted by atomic mass is 9.88. The van der Waals surface area contributed by atoms with Gasteiger partial charge >= 0.3 is 5.97 Å². The van der Waals surface area contributed by atoms with E-state index in [-0.39, 0.29) is 31.5 Å². The molecule has 1 unspecified atom stereocenters. The molecule has 8 nitrogen and oxygen atoms in total. The molecule has 6 N–H and O–H groups in total. The van der Waals surface area contributed by atoms with Gasteiger partial charge < -0.3 is 30.7 Å². The lowest BCUT2D eigenvalue weighted by Gasteiger charge is -2.31. The molecule has 0 bridgehead atoms. The Kier molecular flexibility index (Phi) is 10.5. The van der Waals surface area contributed by atoms with Crippen molar-refractivity contribution < 1.29 is 24.5 Å². The smallest absolute Gasteiger partial charge is 0.333 e. The summed E-state index contributed by atoms with van der Waals surface area (Å²) in [6.07, 6.45) is 0.731. The number of benzene rings is 2. The Morgan fingerprint density at radius 3 is 2.30 bits per heavy atom. The minimum atomic E-state index is -1.56. The number of hydrogen-bond donors (Lipinski definition) is 5. The summed E-state index contributed by atoms with van der Waals surface area (Å²) in [4.78, 5) is 12.5. The topological polar surface area (TPSA) is 138 Å². The van der Waals surface area contributed by atoms with E-state index in [0.29, 0.717) is 40.8 Å². The molecular weight excluding hydrogens is 446 g/mol. The van der Waals surface area contributed by atoms with Gasteiger partial charge in [0.1, 0.15) is 23.9 Å². The van der Waals surface area contributed by atoms with Crippen LogP contribution in [0, 0.1) is 11.3 Å². The molecule has 0 spiro atoms. The highest BCUT2D eigenvalue weighted by molar-refractivity contribution is 5.95. The number of carboxylic acids is 1. The number of aliphatic carboxylic acids is 1. The molecule has 0 saturated heterocycles. The molecule has 0 aliphatic carbocycles. The minimum Gasteiger partial charge on any atom is -0.494 e. The highest BCUT2D eigenvalue weighted by atomic mass is 35.5. The van der Waals surface area contributed by atoms with E-state index in [9.17, 15) is 15.0 Å². The third-order valence-corrected chi connectivity index (χ3v) is 5.00. The van der Waals surface area contributed by atoms with Crippen molar-refractivity contribution in [2.24, 2.45) is 11.7 Å². The molecule has 0 aliphatic rings. The molecule has 0 radical (unpaired) electrons. The van der Waals surface area contributed by atoms with Gasteiger partial charge in [0.2, 0.25) is 0 Å². The van der Waals surface area contributed by atoms with Crippen molar-refractivity contribution in [3.63, 3.8) is 0 Å². The predicted molar refractivity (Wildman–Crippen MR) is 132 cm³/mol. The number of hydrogen-bond acceptors (Lipinski definition) is 6. The van der Waals surface area contributed by atoms with Gasteiger partial charge in [-0.2, -0.15) is 0 Å². The fourth-order valence-electron chi connectivity index (χ4n) is 3.41. The van der Waals surface area contributed by atoms with E-state index in [4.69, 9.17) is 20.6 Å². The van der Waals surface area contributed by atoms with E-state index in [1.54, 1.807) is 43.3 Å². The molecule has 2 rings (SSSR count). The summed E-state index contributed by atoms with van der Waals surface area (Å²) in [6.45, 7) is 7.87. The standard InChI is InChI=1S/C24H33N3O5.ClH/c1-5-31-20-14-19(21(32-11-10-28)13-17(20)12-15(2)3)24(4,23(29)30)27-18-8-6-16(7-9-18)22(25)26;/h6-9,13-15,27-28H,5,10-12H2,1-4H3,(H3,25,26)(H,29,30);1H. The first-order valence-electron chi connectivity index (χ1n) is 10.6. The van der Waals surface area contributed by atoms with Crippen molar-refractivity contribution in [3.8, 4) is 11.5 Å². The molecule has 0 aromatic heterocycles. The van der Waals surface area contributed by atoms with E-state index < -0.39 is 11.5 Å². The van der Waals surface area contributed by atoms with Crippen LogP contribution in [0.15, 0.2) is 36.4 Å². The summed E-state index contributed by atoms with van der Waals surface area (Å²) in [5.74, 6) is 0.152. The van der Waals surface area contributed by atoms with Crippen LogP contribution >= 0.6 is 12.4 Å². The van der Waals surface area contributed by atoms with E-state index >= 15 is 0 Å². The van der Waals surface area contributed by atoms with E-state index in [1.165, 1.54) is 0 Å². The van der Waals surface area contributed by atoms with Gasteiger partial charge in [0.25, 0.3) is 0 Å². The van der Waals surface area contributed by atoms with E-state index in [2.05, 4.69) is 19.2 Å². The number of carboxylic acid groups (broad SMARTS) is 1. The first-order valence-corrected chi connectivity index (χ1v) is 10.6. The van der Waals surface area contributed by atoms with Crippen molar-refractivity contribution in [1.82, 2.24) is 0 Å². The molecule has 33 heavy (non-hydrogen) atoms. The Balaban J connectivity index is 0.00000544. The fourth-order valence-corrected chi connectivity index (χ4v) is 3.41. The van der Waals surface area contributed by atoms with Crippen molar-refractivity contribution in [3.05, 3.63) is 53.1 Å². The Morgan fingerprint density at radius 1 is 1.18 bits per heavy atom. The molecule has 0 heterocycles. The summed E-state index contributed by atoms with van der Waals surface area (Å²) in [7, 11) is 0. The molecule has 0 saturated carbocycles. The number of nitrogen functional groups attached to an aromatic ring is 1. The molecule has 1 atom stereocenters. The van der Waals surface area contributed by atoms with Crippen LogP contribution in [0.3, 0.4) is 0 Å². The van der Waals surface area contributed by atoms with Crippen LogP contribution in [-0.4, -0.2) is 41.8 Å². The Labute approximate surface area is 201 Å². The SMILES string of the molecule is CCOc1cc(C(C)(Nc2ccc(C(=N)N)cc2)C(=O)O)c(OCCO)cc1CC(C)C.Cl. The summed E-state index contributed by atoms with van der Waals surface area (Å²) in [5.41, 5.74) is 6.31. The van der Waals surface area contributed by atoms with Crippen LogP contribution in [0.5, 0.6) is 11.5 Å². The van der Waals surface area contributed by atoms with Gasteiger partial charge in [0, 0.05) is 16.8 Å². The fraction of sp³-hybridized carbons (Fsp3) is 0.417. The van der Waals surface area contributed by atoms with Crippen LogP contribution in [0.25, 0.3) is 0 Å². The Morgan fingerprint density at radius 2 is 1.82 bits per heavy atom. The zero-order valence-corrected chi connectivity index (χ0v) is 20.3. The molecule has 2 aromatic carbocycles. The van der Waals surface area contributed by atoms with Gasteiger partial charge in [0.15, 0.2) is 5.54 Å². The number of aliphatic hydroxyl groups excluding tert-OH is 1. The predicted octanol–water partition coefficient (Wildman–Crippen LogP) is 3.77. The number of anilines is 1. The molecule has 0 aliphatic heterocycles. The highest BCUT2D eigenvalue weighted by Crippen LogP contribution is 2.39. The maximum Gasteiger partial charge on any atom is 0.333 e. The first kappa shape index (κ1) is 28.1. The molecular formula is C24H34ClN3O5. The Hall–Kier alpha value is -2.97. The molecule has 182 valence electrons.